The first-order chi connectivity index (χ1) is 8.79. The molecule has 18 heavy (non-hydrogen) atoms. The maximum Gasteiger partial charge on any atom is 0.254 e. The Labute approximate surface area is 107 Å². The number of likely N-dealkylation sites (tertiary alicyclic amines) is 1. The van der Waals surface area contributed by atoms with E-state index in [9.17, 15) is 4.79 Å². The van der Waals surface area contributed by atoms with E-state index in [1.165, 1.54) is 25.5 Å². The van der Waals surface area contributed by atoms with Crippen molar-refractivity contribution in [1.29, 1.82) is 0 Å². The highest BCUT2D eigenvalue weighted by atomic mass is 16.3. The zero-order chi connectivity index (χ0) is 12.8. The third-order valence-electron chi connectivity index (χ3n) is 3.28. The van der Waals surface area contributed by atoms with E-state index in [-0.39, 0.29) is 5.91 Å². The summed E-state index contributed by atoms with van der Waals surface area (Å²) in [7, 11) is 0. The van der Waals surface area contributed by atoms with Crippen molar-refractivity contribution in [3.63, 3.8) is 0 Å². The Hall–Kier alpha value is -1.33. The fourth-order valence-corrected chi connectivity index (χ4v) is 2.22. The van der Waals surface area contributed by atoms with Gasteiger partial charge in [-0.05, 0) is 32.0 Å². The highest BCUT2D eigenvalue weighted by molar-refractivity contribution is 5.93. The Morgan fingerprint density at radius 1 is 1.39 bits per heavy atom. The second-order valence-electron chi connectivity index (χ2n) is 4.66. The van der Waals surface area contributed by atoms with Crippen LogP contribution in [0.5, 0.6) is 0 Å². The number of carbonyl (C=O) groups excluding carboxylic acids is 1. The van der Waals surface area contributed by atoms with Crippen LogP contribution in [0, 0.1) is 0 Å². The molecule has 0 aromatic carbocycles. The quantitative estimate of drug-likeness (QED) is 0.817. The SMILES string of the molecule is NCc1cc(C(=O)NCCN2CCCCC2)co1. The van der Waals surface area contributed by atoms with Gasteiger partial charge in [-0.2, -0.15) is 0 Å². The molecule has 0 bridgehead atoms. The van der Waals surface area contributed by atoms with Gasteiger partial charge in [-0.25, -0.2) is 0 Å². The van der Waals surface area contributed by atoms with Crippen molar-refractivity contribution in [2.24, 2.45) is 5.73 Å². The summed E-state index contributed by atoms with van der Waals surface area (Å²) in [4.78, 5) is 14.2. The number of hydrogen-bond donors (Lipinski definition) is 2. The van der Waals surface area contributed by atoms with E-state index in [2.05, 4.69) is 10.2 Å². The molecule has 5 nitrogen and oxygen atoms in total. The lowest BCUT2D eigenvalue weighted by Crippen LogP contribution is -2.37. The van der Waals surface area contributed by atoms with Crippen LogP contribution in [0.4, 0.5) is 0 Å². The van der Waals surface area contributed by atoms with E-state index in [1.807, 2.05) is 0 Å². The minimum Gasteiger partial charge on any atom is -0.467 e. The number of nitrogens with zero attached hydrogens (tertiary/aromatic N) is 1. The van der Waals surface area contributed by atoms with Crippen molar-refractivity contribution in [1.82, 2.24) is 10.2 Å². The Bertz CT molecular complexity index is 383. The van der Waals surface area contributed by atoms with Gasteiger partial charge < -0.3 is 20.4 Å². The van der Waals surface area contributed by atoms with Gasteiger partial charge in [0.25, 0.3) is 5.91 Å². The summed E-state index contributed by atoms with van der Waals surface area (Å²) in [6.45, 7) is 4.23. The molecule has 2 heterocycles. The molecule has 2 rings (SSSR count). The fraction of sp³-hybridized carbons (Fsp3) is 0.615. The molecule has 0 unspecified atom stereocenters. The van der Waals surface area contributed by atoms with E-state index >= 15 is 0 Å². The molecular weight excluding hydrogens is 230 g/mol. The van der Waals surface area contributed by atoms with E-state index < -0.39 is 0 Å². The predicted molar refractivity (Wildman–Crippen MR) is 69.2 cm³/mol. The lowest BCUT2D eigenvalue weighted by molar-refractivity contribution is 0.0946. The maximum absolute atomic E-state index is 11.8. The normalized spacial score (nSPS) is 16.7. The number of rotatable bonds is 5. The van der Waals surface area contributed by atoms with Crippen molar-refractivity contribution < 1.29 is 9.21 Å². The molecule has 0 spiro atoms. The summed E-state index contributed by atoms with van der Waals surface area (Å²) in [5.74, 6) is 0.548. The maximum atomic E-state index is 11.8. The Morgan fingerprint density at radius 3 is 2.83 bits per heavy atom. The Balaban J connectivity index is 1.70. The van der Waals surface area contributed by atoms with Gasteiger partial charge >= 0.3 is 0 Å². The van der Waals surface area contributed by atoms with Gasteiger partial charge in [0, 0.05) is 13.1 Å². The second-order valence-corrected chi connectivity index (χ2v) is 4.66. The van der Waals surface area contributed by atoms with Gasteiger partial charge in [-0.1, -0.05) is 6.42 Å². The molecule has 1 aliphatic rings. The van der Waals surface area contributed by atoms with Crippen LogP contribution in [0.25, 0.3) is 0 Å². The molecule has 1 fully saturated rings. The summed E-state index contributed by atoms with van der Waals surface area (Å²) in [5, 5.41) is 2.90. The third-order valence-corrected chi connectivity index (χ3v) is 3.28. The number of carbonyl (C=O) groups is 1. The van der Waals surface area contributed by atoms with E-state index in [0.29, 0.717) is 24.4 Å². The molecule has 1 aliphatic heterocycles. The molecule has 1 saturated heterocycles. The van der Waals surface area contributed by atoms with Crippen molar-refractivity contribution >= 4 is 5.91 Å². The Morgan fingerprint density at radius 2 is 2.17 bits per heavy atom. The van der Waals surface area contributed by atoms with Crippen LogP contribution in [-0.2, 0) is 6.54 Å². The zero-order valence-electron chi connectivity index (χ0n) is 10.7. The number of hydrogen-bond acceptors (Lipinski definition) is 4. The first-order valence-corrected chi connectivity index (χ1v) is 6.57. The van der Waals surface area contributed by atoms with Crippen LogP contribution in [0.15, 0.2) is 16.7 Å². The molecule has 0 aliphatic carbocycles. The van der Waals surface area contributed by atoms with Crippen molar-refractivity contribution in [3.05, 3.63) is 23.7 Å². The lowest BCUT2D eigenvalue weighted by atomic mass is 10.1. The Kier molecular flexibility index (Phi) is 4.78. The van der Waals surface area contributed by atoms with Crippen molar-refractivity contribution in [2.45, 2.75) is 25.8 Å². The minimum atomic E-state index is -0.0875. The van der Waals surface area contributed by atoms with Crippen LogP contribution in [0.2, 0.25) is 0 Å². The summed E-state index contributed by atoms with van der Waals surface area (Å²) in [6.07, 6.45) is 5.34. The van der Waals surface area contributed by atoms with Gasteiger partial charge in [-0.15, -0.1) is 0 Å². The largest absolute Gasteiger partial charge is 0.467 e. The van der Waals surface area contributed by atoms with E-state index in [0.717, 1.165) is 19.6 Å². The fourth-order valence-electron chi connectivity index (χ4n) is 2.22. The third kappa shape index (κ3) is 3.58. The first kappa shape index (κ1) is 13.1. The first-order valence-electron chi connectivity index (χ1n) is 6.57. The number of nitrogens with one attached hydrogen (secondary N) is 1. The molecule has 3 N–H and O–H groups in total. The monoisotopic (exact) mass is 251 g/mol. The molecule has 1 aromatic rings. The van der Waals surface area contributed by atoms with Gasteiger partial charge in [0.1, 0.15) is 12.0 Å². The lowest BCUT2D eigenvalue weighted by Gasteiger charge is -2.26. The molecular formula is C13H21N3O2. The molecule has 1 aromatic heterocycles. The van der Waals surface area contributed by atoms with Crippen LogP contribution < -0.4 is 11.1 Å². The zero-order valence-corrected chi connectivity index (χ0v) is 10.7. The average molecular weight is 251 g/mol. The number of nitrogens with two attached hydrogens (primary N) is 1. The van der Waals surface area contributed by atoms with Crippen LogP contribution >= 0.6 is 0 Å². The standard InChI is InChI=1S/C13H21N3O2/c14-9-12-8-11(10-18-12)13(17)15-4-7-16-5-2-1-3-6-16/h8,10H,1-7,9,14H2,(H,15,17). The summed E-state index contributed by atoms with van der Waals surface area (Å²) >= 11 is 0. The van der Waals surface area contributed by atoms with Crippen LogP contribution in [0.3, 0.4) is 0 Å². The number of amides is 1. The highest BCUT2D eigenvalue weighted by Crippen LogP contribution is 2.08. The van der Waals surface area contributed by atoms with Gasteiger partial charge in [-0.3, -0.25) is 4.79 Å². The minimum absolute atomic E-state index is 0.0875. The van der Waals surface area contributed by atoms with Gasteiger partial charge in [0.15, 0.2) is 0 Å². The number of furan rings is 1. The van der Waals surface area contributed by atoms with Crippen LogP contribution in [0.1, 0.15) is 35.4 Å². The molecule has 0 radical (unpaired) electrons. The van der Waals surface area contributed by atoms with Gasteiger partial charge in [0.05, 0.1) is 12.1 Å². The van der Waals surface area contributed by atoms with Crippen LogP contribution in [-0.4, -0.2) is 37.0 Å². The molecule has 1 amide bonds. The molecule has 100 valence electrons. The highest BCUT2D eigenvalue weighted by Gasteiger charge is 2.12. The van der Waals surface area contributed by atoms with E-state index in [1.54, 1.807) is 6.07 Å². The topological polar surface area (TPSA) is 71.5 Å². The van der Waals surface area contributed by atoms with E-state index in [4.69, 9.17) is 10.2 Å². The second kappa shape index (κ2) is 6.56. The van der Waals surface area contributed by atoms with Crippen molar-refractivity contribution in [2.75, 3.05) is 26.2 Å². The smallest absolute Gasteiger partial charge is 0.254 e. The summed E-state index contributed by atoms with van der Waals surface area (Å²) in [6, 6.07) is 1.69. The predicted octanol–water partition coefficient (Wildman–Crippen LogP) is 0.954. The molecule has 0 atom stereocenters. The molecule has 5 heteroatoms. The molecule has 0 saturated carbocycles. The van der Waals surface area contributed by atoms with Crippen molar-refractivity contribution in [3.8, 4) is 0 Å². The van der Waals surface area contributed by atoms with Gasteiger partial charge in [0.2, 0.25) is 0 Å². The average Bonchev–Trinajstić information content (AvgIpc) is 2.89. The summed E-state index contributed by atoms with van der Waals surface area (Å²) in [5.41, 5.74) is 5.98. The summed E-state index contributed by atoms with van der Waals surface area (Å²) < 4.78 is 5.13. The number of piperidine rings is 1.